The minimum atomic E-state index is -1.09. The number of allylic oxidation sites excluding steroid dienone is 2. The van der Waals surface area contributed by atoms with Crippen LogP contribution < -0.4 is 5.32 Å². The SMILES string of the molecule is C[C@]12CCC(=NOCC(=O)N[C@H](Cc3c[nH]c4ccccc34)C(=O)O)C=C1CC[C@@H]1[C@H]2CC[C@@]2(C)[C@@H]1CC[C@]2(C)O. The molecule has 3 fully saturated rings. The van der Waals surface area contributed by atoms with Gasteiger partial charge in [-0.3, -0.25) is 4.79 Å². The van der Waals surface area contributed by atoms with Gasteiger partial charge in [-0.2, -0.15) is 0 Å². The number of aliphatic hydroxyl groups is 1. The second-order valence-electron chi connectivity index (χ2n) is 13.6. The largest absolute Gasteiger partial charge is 0.480 e. The van der Waals surface area contributed by atoms with Crippen molar-refractivity contribution in [1.82, 2.24) is 10.3 Å². The Labute approximate surface area is 241 Å². The lowest BCUT2D eigenvalue weighted by molar-refractivity contribution is -0.142. The maximum Gasteiger partial charge on any atom is 0.326 e. The van der Waals surface area contributed by atoms with Crippen LogP contribution in [0.5, 0.6) is 0 Å². The molecule has 1 aromatic heterocycles. The Hall–Kier alpha value is -3.13. The van der Waals surface area contributed by atoms with E-state index < -0.39 is 23.5 Å². The van der Waals surface area contributed by atoms with Crippen molar-refractivity contribution in [3.63, 3.8) is 0 Å². The average molecular weight is 562 g/mol. The fraction of sp³-hybridized carbons (Fsp3) is 0.606. The molecule has 7 atom stereocenters. The summed E-state index contributed by atoms with van der Waals surface area (Å²) >= 11 is 0. The van der Waals surface area contributed by atoms with E-state index in [0.29, 0.717) is 17.8 Å². The molecule has 0 unspecified atom stereocenters. The molecule has 3 saturated carbocycles. The van der Waals surface area contributed by atoms with Crippen LogP contribution in [0, 0.1) is 28.6 Å². The number of carbonyl (C=O) groups is 2. The van der Waals surface area contributed by atoms with Crippen LogP contribution in [0.15, 0.2) is 47.3 Å². The van der Waals surface area contributed by atoms with Crippen molar-refractivity contribution in [2.45, 2.75) is 90.2 Å². The van der Waals surface area contributed by atoms with E-state index in [1.807, 2.05) is 24.3 Å². The number of amides is 1. The summed E-state index contributed by atoms with van der Waals surface area (Å²) in [6, 6.07) is 6.62. The highest BCUT2D eigenvalue weighted by Crippen LogP contribution is 2.67. The zero-order valence-corrected chi connectivity index (χ0v) is 24.4. The number of hydrogen-bond donors (Lipinski definition) is 4. The third-order valence-corrected chi connectivity index (χ3v) is 11.6. The first-order valence-electron chi connectivity index (χ1n) is 15.2. The quantitative estimate of drug-likeness (QED) is 0.339. The Bertz CT molecular complexity index is 1410. The summed E-state index contributed by atoms with van der Waals surface area (Å²) in [5.41, 5.74) is 3.66. The number of carboxylic acids is 1. The van der Waals surface area contributed by atoms with Crippen molar-refractivity contribution in [2.24, 2.45) is 33.7 Å². The second-order valence-corrected chi connectivity index (χ2v) is 13.6. The molecule has 4 aliphatic carbocycles. The third kappa shape index (κ3) is 4.78. The number of benzene rings is 1. The van der Waals surface area contributed by atoms with Gasteiger partial charge in [0.15, 0.2) is 6.61 Å². The summed E-state index contributed by atoms with van der Waals surface area (Å²) < 4.78 is 0. The first-order chi connectivity index (χ1) is 19.5. The molecule has 0 bridgehead atoms. The second kappa shape index (κ2) is 10.3. The van der Waals surface area contributed by atoms with E-state index in [1.54, 1.807) is 6.20 Å². The van der Waals surface area contributed by atoms with Crippen LogP contribution >= 0.6 is 0 Å². The molecule has 0 spiro atoms. The van der Waals surface area contributed by atoms with Crippen molar-refractivity contribution in [3.8, 4) is 0 Å². The monoisotopic (exact) mass is 561 g/mol. The van der Waals surface area contributed by atoms with E-state index in [9.17, 15) is 19.8 Å². The Kier molecular flexibility index (Phi) is 7.04. The van der Waals surface area contributed by atoms with E-state index in [0.717, 1.165) is 73.5 Å². The zero-order valence-electron chi connectivity index (χ0n) is 24.4. The number of oxime groups is 1. The smallest absolute Gasteiger partial charge is 0.326 e. The maximum absolute atomic E-state index is 12.6. The van der Waals surface area contributed by atoms with Gasteiger partial charge in [0.1, 0.15) is 6.04 Å². The standard InChI is InChI=1S/C33H43N3O5/c1-31-13-10-22(17-21(31)8-9-24-25(31)11-14-32(2)26(24)12-15-33(32,3)40)36-41-19-29(37)35-28(30(38)39)16-20-18-34-27-7-5-4-6-23(20)27/h4-7,17-18,24-26,28,34,40H,8-16,19H2,1-3H3,(H,35,37)(H,38,39)/t24-,25-,26-,28-,31+,32+,33+/m1/s1. The molecule has 1 heterocycles. The number of nitrogens with zero attached hydrogens (tertiary/aromatic N) is 1. The molecule has 8 heteroatoms. The van der Waals surface area contributed by atoms with E-state index >= 15 is 0 Å². The number of para-hydroxylation sites is 1. The third-order valence-electron chi connectivity index (χ3n) is 11.6. The topological polar surface area (TPSA) is 124 Å². The number of aliphatic carboxylic acids is 1. The maximum atomic E-state index is 12.6. The fourth-order valence-electron chi connectivity index (χ4n) is 9.02. The molecule has 220 valence electrons. The summed E-state index contributed by atoms with van der Waals surface area (Å²) in [6.45, 7) is 6.48. The Morgan fingerprint density at radius 3 is 2.68 bits per heavy atom. The van der Waals surface area contributed by atoms with Crippen LogP contribution in [0.3, 0.4) is 0 Å². The number of carboxylic acid groups (broad SMARTS) is 1. The van der Waals surface area contributed by atoms with Crippen molar-refractivity contribution < 1.29 is 24.6 Å². The Morgan fingerprint density at radius 2 is 1.88 bits per heavy atom. The lowest BCUT2D eigenvalue weighted by Crippen LogP contribution is -2.53. The summed E-state index contributed by atoms with van der Waals surface area (Å²) in [5.74, 6) is 0.291. The van der Waals surface area contributed by atoms with Crippen LogP contribution in [-0.4, -0.2) is 51.0 Å². The van der Waals surface area contributed by atoms with Crippen LogP contribution in [-0.2, 0) is 20.8 Å². The highest BCUT2D eigenvalue weighted by atomic mass is 16.6. The highest BCUT2D eigenvalue weighted by molar-refractivity contribution is 5.96. The number of hydrogen-bond acceptors (Lipinski definition) is 5. The minimum Gasteiger partial charge on any atom is -0.480 e. The molecule has 2 aromatic rings. The molecule has 4 aliphatic rings. The minimum absolute atomic E-state index is 0.0243. The summed E-state index contributed by atoms with van der Waals surface area (Å²) in [7, 11) is 0. The molecule has 4 N–H and O–H groups in total. The molecule has 1 amide bonds. The van der Waals surface area contributed by atoms with Crippen molar-refractivity contribution in [2.75, 3.05) is 6.61 Å². The summed E-state index contributed by atoms with van der Waals surface area (Å²) in [6.07, 6.45) is 12.4. The normalized spacial score (nSPS) is 36.1. The predicted molar refractivity (Wildman–Crippen MR) is 157 cm³/mol. The van der Waals surface area contributed by atoms with Gasteiger partial charge in [0.05, 0.1) is 11.3 Å². The predicted octanol–water partition coefficient (Wildman–Crippen LogP) is 5.37. The molecule has 0 saturated heterocycles. The van der Waals surface area contributed by atoms with Crippen molar-refractivity contribution in [1.29, 1.82) is 0 Å². The van der Waals surface area contributed by atoms with Gasteiger partial charge in [-0.05, 0) is 105 Å². The van der Waals surface area contributed by atoms with Gasteiger partial charge in [-0.25, -0.2) is 4.79 Å². The van der Waals surface area contributed by atoms with Gasteiger partial charge in [-0.1, -0.05) is 42.8 Å². The fourth-order valence-corrected chi connectivity index (χ4v) is 9.02. The number of nitrogens with one attached hydrogen (secondary N) is 2. The van der Waals surface area contributed by atoms with E-state index in [1.165, 1.54) is 5.57 Å². The van der Waals surface area contributed by atoms with E-state index in [2.05, 4.69) is 42.3 Å². The molecule has 1 aromatic carbocycles. The van der Waals surface area contributed by atoms with Crippen molar-refractivity contribution in [3.05, 3.63) is 47.7 Å². The molecular formula is C33H43N3O5. The van der Waals surface area contributed by atoms with Crippen LogP contribution in [0.25, 0.3) is 10.9 Å². The summed E-state index contributed by atoms with van der Waals surface area (Å²) in [5, 5.41) is 28.7. The van der Waals surface area contributed by atoms with Gasteiger partial charge in [0, 0.05) is 23.5 Å². The molecule has 6 rings (SSSR count). The molecule has 0 radical (unpaired) electrons. The number of aromatic nitrogens is 1. The average Bonchev–Trinajstić information content (AvgIpc) is 3.45. The first kappa shape index (κ1) is 28.0. The number of carbonyl (C=O) groups excluding carboxylic acids is 1. The highest BCUT2D eigenvalue weighted by Gasteiger charge is 2.62. The zero-order chi connectivity index (χ0) is 29.0. The number of fused-ring (bicyclic) bond motifs is 6. The number of aromatic amines is 1. The van der Waals surface area contributed by atoms with Gasteiger partial charge < -0.3 is 25.4 Å². The van der Waals surface area contributed by atoms with E-state index in [-0.39, 0.29) is 23.9 Å². The van der Waals surface area contributed by atoms with Gasteiger partial charge >= 0.3 is 5.97 Å². The molecule has 0 aliphatic heterocycles. The Morgan fingerprint density at radius 1 is 1.10 bits per heavy atom. The molecular weight excluding hydrogens is 518 g/mol. The summed E-state index contributed by atoms with van der Waals surface area (Å²) in [4.78, 5) is 33.0. The Balaban J connectivity index is 1.07. The van der Waals surface area contributed by atoms with Gasteiger partial charge in [-0.15, -0.1) is 0 Å². The van der Waals surface area contributed by atoms with Crippen molar-refractivity contribution >= 4 is 28.5 Å². The van der Waals surface area contributed by atoms with Crippen LogP contribution in [0.2, 0.25) is 0 Å². The van der Waals surface area contributed by atoms with E-state index in [4.69, 9.17) is 4.84 Å². The lowest BCUT2D eigenvalue weighted by Gasteiger charge is -2.59. The molecule has 41 heavy (non-hydrogen) atoms. The van der Waals surface area contributed by atoms with Crippen LogP contribution in [0.1, 0.15) is 77.7 Å². The van der Waals surface area contributed by atoms with Gasteiger partial charge in [0.25, 0.3) is 5.91 Å². The number of rotatable bonds is 7. The van der Waals surface area contributed by atoms with Gasteiger partial charge in [0.2, 0.25) is 0 Å². The number of H-pyrrole nitrogens is 1. The first-order valence-corrected chi connectivity index (χ1v) is 15.2. The lowest BCUT2D eigenvalue weighted by atomic mass is 9.46. The van der Waals surface area contributed by atoms with Crippen LogP contribution in [0.4, 0.5) is 0 Å². The molecule has 8 nitrogen and oxygen atoms in total.